The minimum atomic E-state index is -0.108. The van der Waals surface area contributed by atoms with Gasteiger partial charge in [-0.15, -0.1) is 24.0 Å². The molecule has 6 nitrogen and oxygen atoms in total. The molecule has 0 bridgehead atoms. The van der Waals surface area contributed by atoms with Crippen LogP contribution in [0.1, 0.15) is 25.0 Å². The van der Waals surface area contributed by atoms with Gasteiger partial charge in [-0.25, -0.2) is 4.99 Å². The third-order valence-electron chi connectivity index (χ3n) is 3.55. The van der Waals surface area contributed by atoms with Crippen LogP contribution in [0.3, 0.4) is 0 Å². The summed E-state index contributed by atoms with van der Waals surface area (Å²) in [6.45, 7) is 6.76. The molecule has 0 saturated carbocycles. The Hall–Kier alpha value is -1.35. The molecule has 2 N–H and O–H groups in total. The minimum absolute atomic E-state index is 0. The Morgan fingerprint density at radius 3 is 2.36 bits per heavy atom. The molecule has 1 aromatic rings. The third kappa shape index (κ3) is 9.64. The highest BCUT2D eigenvalue weighted by atomic mass is 127. The summed E-state index contributed by atoms with van der Waals surface area (Å²) < 4.78 is 4.91. The maximum Gasteiger partial charge on any atom is 0.241 e. The summed E-state index contributed by atoms with van der Waals surface area (Å²) in [6.07, 6.45) is 1.04. The number of nitrogens with zero attached hydrogens (tertiary/aromatic N) is 2. The Bertz CT molecular complexity index is 520. The van der Waals surface area contributed by atoms with E-state index in [-0.39, 0.29) is 36.4 Å². The van der Waals surface area contributed by atoms with E-state index < -0.39 is 0 Å². The SMILES string of the molecule is CCNC(=NCC(=O)NCCOC)N(C)Cc1ccc(CC)cc1.I. The molecule has 1 aromatic carbocycles. The molecule has 25 heavy (non-hydrogen) atoms. The summed E-state index contributed by atoms with van der Waals surface area (Å²) in [6, 6.07) is 8.57. The number of aliphatic imine (C=N–C) groups is 1. The number of carbonyl (C=O) groups is 1. The number of methoxy groups -OCH3 is 1. The van der Waals surface area contributed by atoms with E-state index >= 15 is 0 Å². The lowest BCUT2D eigenvalue weighted by atomic mass is 10.1. The van der Waals surface area contributed by atoms with Crippen LogP contribution in [0.15, 0.2) is 29.3 Å². The van der Waals surface area contributed by atoms with Gasteiger partial charge in [-0.2, -0.15) is 0 Å². The van der Waals surface area contributed by atoms with Crippen molar-refractivity contribution >= 4 is 35.8 Å². The quantitative estimate of drug-likeness (QED) is 0.255. The monoisotopic (exact) mass is 462 g/mol. The Morgan fingerprint density at radius 1 is 1.16 bits per heavy atom. The van der Waals surface area contributed by atoms with E-state index in [2.05, 4.69) is 46.8 Å². The fourth-order valence-corrected chi connectivity index (χ4v) is 2.19. The molecule has 0 unspecified atom stereocenters. The summed E-state index contributed by atoms with van der Waals surface area (Å²) in [7, 11) is 3.58. The van der Waals surface area contributed by atoms with E-state index in [0.717, 1.165) is 25.5 Å². The molecular formula is C18H31IN4O2. The van der Waals surface area contributed by atoms with Gasteiger partial charge in [0.2, 0.25) is 5.91 Å². The lowest BCUT2D eigenvalue weighted by Crippen LogP contribution is -2.39. The summed E-state index contributed by atoms with van der Waals surface area (Å²) in [5.74, 6) is 0.613. The molecule has 0 spiro atoms. The number of halogens is 1. The summed E-state index contributed by atoms with van der Waals surface area (Å²) >= 11 is 0. The van der Waals surface area contributed by atoms with Crippen LogP contribution in [0, 0.1) is 0 Å². The van der Waals surface area contributed by atoms with Crippen LogP contribution in [0.4, 0.5) is 0 Å². The highest BCUT2D eigenvalue weighted by molar-refractivity contribution is 14.0. The van der Waals surface area contributed by atoms with E-state index in [1.54, 1.807) is 7.11 Å². The van der Waals surface area contributed by atoms with Crippen molar-refractivity contribution in [1.29, 1.82) is 0 Å². The molecule has 0 aliphatic carbocycles. The topological polar surface area (TPSA) is 66.0 Å². The van der Waals surface area contributed by atoms with Crippen molar-refractivity contribution in [3.8, 4) is 0 Å². The average Bonchev–Trinajstić information content (AvgIpc) is 2.59. The molecule has 1 amide bonds. The van der Waals surface area contributed by atoms with Gasteiger partial charge in [-0.05, 0) is 24.5 Å². The first kappa shape index (κ1) is 23.6. The summed E-state index contributed by atoms with van der Waals surface area (Å²) in [4.78, 5) is 18.2. The maximum atomic E-state index is 11.8. The molecule has 0 radical (unpaired) electrons. The number of nitrogens with one attached hydrogen (secondary N) is 2. The Labute approximate surface area is 168 Å². The number of benzene rings is 1. The fraction of sp³-hybridized carbons (Fsp3) is 0.556. The van der Waals surface area contributed by atoms with Gasteiger partial charge >= 0.3 is 0 Å². The molecule has 0 atom stereocenters. The first-order valence-corrected chi connectivity index (χ1v) is 8.43. The van der Waals surface area contributed by atoms with Crippen LogP contribution in [0.25, 0.3) is 0 Å². The van der Waals surface area contributed by atoms with Crippen molar-refractivity contribution in [2.45, 2.75) is 26.8 Å². The zero-order valence-electron chi connectivity index (χ0n) is 15.7. The zero-order chi connectivity index (χ0) is 17.8. The summed E-state index contributed by atoms with van der Waals surface area (Å²) in [5, 5.41) is 5.98. The second kappa shape index (κ2) is 13.9. The predicted molar refractivity (Wildman–Crippen MR) is 114 cm³/mol. The van der Waals surface area contributed by atoms with Crippen molar-refractivity contribution in [3.05, 3.63) is 35.4 Å². The zero-order valence-corrected chi connectivity index (χ0v) is 18.0. The Morgan fingerprint density at radius 2 is 1.80 bits per heavy atom. The second-order valence-corrected chi connectivity index (χ2v) is 5.54. The number of ether oxygens (including phenoxy) is 1. The molecule has 0 fully saturated rings. The number of hydrogen-bond donors (Lipinski definition) is 2. The number of guanidine groups is 1. The lowest BCUT2D eigenvalue weighted by molar-refractivity contribution is -0.119. The van der Waals surface area contributed by atoms with Gasteiger partial charge in [0.25, 0.3) is 0 Å². The first-order valence-electron chi connectivity index (χ1n) is 8.43. The highest BCUT2D eigenvalue weighted by Crippen LogP contribution is 2.07. The molecule has 0 heterocycles. The molecule has 0 aromatic heterocycles. The molecule has 7 heteroatoms. The van der Waals surface area contributed by atoms with Crippen LogP contribution in [-0.2, 0) is 22.5 Å². The number of aryl methyl sites for hydroxylation is 1. The van der Waals surface area contributed by atoms with Gasteiger partial charge in [0.05, 0.1) is 6.61 Å². The van der Waals surface area contributed by atoms with Crippen molar-refractivity contribution in [2.75, 3.05) is 40.4 Å². The van der Waals surface area contributed by atoms with Gasteiger partial charge in [0.1, 0.15) is 6.54 Å². The van der Waals surface area contributed by atoms with Gasteiger partial charge < -0.3 is 20.3 Å². The van der Waals surface area contributed by atoms with Gasteiger partial charge in [-0.3, -0.25) is 4.79 Å². The van der Waals surface area contributed by atoms with E-state index in [0.29, 0.717) is 13.2 Å². The van der Waals surface area contributed by atoms with Crippen molar-refractivity contribution < 1.29 is 9.53 Å². The highest BCUT2D eigenvalue weighted by Gasteiger charge is 2.08. The number of hydrogen-bond acceptors (Lipinski definition) is 3. The molecule has 1 rings (SSSR count). The molecule has 142 valence electrons. The van der Waals surface area contributed by atoms with E-state index in [4.69, 9.17) is 4.74 Å². The molecule has 0 saturated heterocycles. The largest absolute Gasteiger partial charge is 0.383 e. The Kier molecular flexibility index (Phi) is 13.1. The average molecular weight is 462 g/mol. The minimum Gasteiger partial charge on any atom is -0.383 e. The van der Waals surface area contributed by atoms with Crippen molar-refractivity contribution in [1.82, 2.24) is 15.5 Å². The number of amides is 1. The number of rotatable bonds is 9. The van der Waals surface area contributed by atoms with Crippen LogP contribution in [-0.4, -0.2) is 57.2 Å². The normalized spacial score (nSPS) is 10.8. The second-order valence-electron chi connectivity index (χ2n) is 5.54. The van der Waals surface area contributed by atoms with Crippen molar-refractivity contribution in [3.63, 3.8) is 0 Å². The van der Waals surface area contributed by atoms with E-state index in [9.17, 15) is 4.79 Å². The van der Waals surface area contributed by atoms with Crippen LogP contribution < -0.4 is 10.6 Å². The van der Waals surface area contributed by atoms with E-state index in [1.807, 2.05) is 18.9 Å². The lowest BCUT2D eigenvalue weighted by Gasteiger charge is -2.22. The number of carbonyl (C=O) groups excluding carboxylic acids is 1. The van der Waals surface area contributed by atoms with Crippen LogP contribution >= 0.6 is 24.0 Å². The molecule has 0 aliphatic heterocycles. The smallest absolute Gasteiger partial charge is 0.241 e. The maximum absolute atomic E-state index is 11.8. The standard InChI is InChI=1S/C18H30N4O2.HI/c1-5-15-7-9-16(10-8-15)14-22(3)18(19-6-2)21-13-17(23)20-11-12-24-4;/h7-10H,5-6,11-14H2,1-4H3,(H,19,21)(H,20,23);1H. The van der Waals surface area contributed by atoms with Crippen LogP contribution in [0.2, 0.25) is 0 Å². The van der Waals surface area contributed by atoms with E-state index in [1.165, 1.54) is 11.1 Å². The van der Waals surface area contributed by atoms with Gasteiger partial charge in [0.15, 0.2) is 5.96 Å². The van der Waals surface area contributed by atoms with Gasteiger partial charge in [0, 0.05) is 33.8 Å². The van der Waals surface area contributed by atoms with Crippen molar-refractivity contribution in [2.24, 2.45) is 4.99 Å². The van der Waals surface area contributed by atoms with Crippen LogP contribution in [0.5, 0.6) is 0 Å². The Balaban J connectivity index is 0.00000576. The fourth-order valence-electron chi connectivity index (χ4n) is 2.19. The molecule has 0 aliphatic rings. The first-order chi connectivity index (χ1) is 11.6. The molecular weight excluding hydrogens is 431 g/mol. The third-order valence-corrected chi connectivity index (χ3v) is 3.55. The predicted octanol–water partition coefficient (Wildman–Crippen LogP) is 2.03. The summed E-state index contributed by atoms with van der Waals surface area (Å²) in [5.41, 5.74) is 2.54. The van der Waals surface area contributed by atoms with Gasteiger partial charge in [-0.1, -0.05) is 31.2 Å².